The summed E-state index contributed by atoms with van der Waals surface area (Å²) < 4.78 is 25.4. The van der Waals surface area contributed by atoms with Crippen LogP contribution in [0.4, 0.5) is 0 Å². The van der Waals surface area contributed by atoms with Crippen molar-refractivity contribution in [3.8, 4) is 0 Å². The van der Waals surface area contributed by atoms with Crippen LogP contribution >= 0.6 is 23.2 Å². The first-order valence-electron chi connectivity index (χ1n) is 6.23. The van der Waals surface area contributed by atoms with E-state index in [1.807, 2.05) is 6.07 Å². The Labute approximate surface area is 128 Å². The lowest BCUT2D eigenvalue weighted by atomic mass is 10.1. The molecule has 1 amide bonds. The highest BCUT2D eigenvalue weighted by atomic mass is 35.5. The molecule has 110 valence electrons. The zero-order chi connectivity index (χ0) is 15.1. The van der Waals surface area contributed by atoms with Crippen molar-refractivity contribution < 1.29 is 13.2 Å². The van der Waals surface area contributed by atoms with Crippen molar-refractivity contribution in [3.63, 3.8) is 0 Å². The minimum Gasteiger partial charge on any atom is -0.274 e. The molecule has 1 fully saturated rings. The minimum absolute atomic E-state index is 0.0661. The first-order valence-corrected chi connectivity index (χ1v) is 8.53. The van der Waals surface area contributed by atoms with E-state index in [9.17, 15) is 13.2 Å². The summed E-state index contributed by atoms with van der Waals surface area (Å²) in [4.78, 5) is 11.9. The summed E-state index contributed by atoms with van der Waals surface area (Å²) in [5.74, 6) is -0.900. The highest BCUT2D eigenvalue weighted by Gasteiger charge is 2.46. The Morgan fingerprint density at radius 3 is 2.60 bits per heavy atom. The summed E-state index contributed by atoms with van der Waals surface area (Å²) in [6, 6.07) is 5.25. The van der Waals surface area contributed by atoms with E-state index in [1.165, 1.54) is 13.8 Å². The number of hydrogen-bond donors (Lipinski definition) is 1. The number of carbonyl (C=O) groups excluding carboxylic acids is 1. The molecular weight excluding hydrogens is 321 g/mol. The third-order valence-electron chi connectivity index (χ3n) is 3.37. The van der Waals surface area contributed by atoms with Crippen molar-refractivity contribution in [1.29, 1.82) is 0 Å². The van der Waals surface area contributed by atoms with Crippen molar-refractivity contribution in [2.24, 2.45) is 5.92 Å². The number of nitrogens with one attached hydrogen (secondary N) is 1. The van der Waals surface area contributed by atoms with Gasteiger partial charge < -0.3 is 0 Å². The van der Waals surface area contributed by atoms with Gasteiger partial charge in [0.2, 0.25) is 15.9 Å². The molecule has 1 N–H and O–H groups in total. The summed E-state index contributed by atoms with van der Waals surface area (Å²) >= 11 is 12.0. The van der Waals surface area contributed by atoms with Crippen LogP contribution in [0.2, 0.25) is 10.0 Å². The first kappa shape index (κ1) is 15.6. The molecule has 1 aromatic rings. The average molecular weight is 336 g/mol. The smallest absolute Gasteiger partial charge is 0.237 e. The van der Waals surface area contributed by atoms with E-state index in [-0.39, 0.29) is 11.8 Å². The lowest BCUT2D eigenvalue weighted by molar-refractivity contribution is -0.120. The summed E-state index contributed by atoms with van der Waals surface area (Å²) in [5, 5.41) is 0.226. The van der Waals surface area contributed by atoms with Crippen LogP contribution in [-0.2, 0) is 14.8 Å². The topological polar surface area (TPSA) is 63.2 Å². The second-order valence-electron chi connectivity index (χ2n) is 5.15. The van der Waals surface area contributed by atoms with E-state index in [0.717, 1.165) is 5.56 Å². The number of carbonyl (C=O) groups is 1. The second kappa shape index (κ2) is 5.54. The maximum Gasteiger partial charge on any atom is 0.237 e. The molecule has 0 aromatic heterocycles. The van der Waals surface area contributed by atoms with Gasteiger partial charge in [0.1, 0.15) is 0 Å². The molecular formula is C13H15Cl2NO3S. The molecule has 7 heteroatoms. The summed E-state index contributed by atoms with van der Waals surface area (Å²) in [6.45, 7) is 3.04. The zero-order valence-corrected chi connectivity index (χ0v) is 13.4. The molecule has 0 aliphatic heterocycles. The van der Waals surface area contributed by atoms with Crippen LogP contribution < -0.4 is 4.72 Å². The number of hydrogen-bond acceptors (Lipinski definition) is 3. The maximum atomic E-state index is 11.9. The van der Waals surface area contributed by atoms with Crippen LogP contribution in [0.25, 0.3) is 0 Å². The van der Waals surface area contributed by atoms with Crippen LogP contribution in [0.1, 0.15) is 31.7 Å². The highest BCUT2D eigenvalue weighted by molar-refractivity contribution is 7.90. The van der Waals surface area contributed by atoms with Gasteiger partial charge in [0.05, 0.1) is 15.3 Å². The van der Waals surface area contributed by atoms with E-state index in [1.54, 1.807) is 12.1 Å². The second-order valence-corrected chi connectivity index (χ2v) is 8.17. The van der Waals surface area contributed by atoms with E-state index in [0.29, 0.717) is 16.5 Å². The van der Waals surface area contributed by atoms with Crippen molar-refractivity contribution in [3.05, 3.63) is 33.8 Å². The van der Waals surface area contributed by atoms with Gasteiger partial charge in [-0.3, -0.25) is 9.52 Å². The van der Waals surface area contributed by atoms with Gasteiger partial charge in [-0.2, -0.15) is 0 Å². The Kier molecular flexibility index (Phi) is 4.33. The van der Waals surface area contributed by atoms with Crippen LogP contribution in [-0.4, -0.2) is 19.6 Å². The first-order chi connectivity index (χ1) is 9.24. The SMILES string of the molecule is CC(C)S(=O)(=O)NC(=O)[C@H]1C[C@H]1c1cccc(Cl)c1Cl. The van der Waals surface area contributed by atoms with Crippen molar-refractivity contribution in [2.45, 2.75) is 31.4 Å². The maximum absolute atomic E-state index is 11.9. The predicted molar refractivity (Wildman–Crippen MR) is 79.5 cm³/mol. The van der Waals surface area contributed by atoms with Gasteiger partial charge in [-0.25, -0.2) is 8.42 Å². The molecule has 0 spiro atoms. The Bertz CT molecular complexity index is 643. The Balaban J connectivity index is 2.09. The third kappa shape index (κ3) is 3.10. The Morgan fingerprint density at radius 1 is 1.35 bits per heavy atom. The van der Waals surface area contributed by atoms with Crippen molar-refractivity contribution in [1.82, 2.24) is 4.72 Å². The molecule has 0 heterocycles. The molecule has 4 nitrogen and oxygen atoms in total. The molecule has 1 aromatic carbocycles. The van der Waals surface area contributed by atoms with Gasteiger partial charge in [0, 0.05) is 5.92 Å². The third-order valence-corrected chi connectivity index (χ3v) is 5.93. The van der Waals surface area contributed by atoms with E-state index in [2.05, 4.69) is 4.72 Å². The van der Waals surface area contributed by atoms with Gasteiger partial charge in [-0.1, -0.05) is 35.3 Å². The predicted octanol–water partition coefficient (Wildman–Crippen LogP) is 2.95. The van der Waals surface area contributed by atoms with E-state index < -0.39 is 21.2 Å². The summed E-state index contributed by atoms with van der Waals surface area (Å²) in [6.07, 6.45) is 0.583. The number of sulfonamides is 1. The minimum atomic E-state index is -3.58. The Hall–Kier alpha value is -0.780. The van der Waals surface area contributed by atoms with Crippen LogP contribution in [0, 0.1) is 5.92 Å². The number of rotatable bonds is 4. The molecule has 1 aliphatic rings. The molecule has 1 aliphatic carbocycles. The average Bonchev–Trinajstić information content (AvgIpc) is 3.12. The molecule has 2 atom stereocenters. The van der Waals surface area contributed by atoms with Gasteiger partial charge in [0.25, 0.3) is 0 Å². The summed E-state index contributed by atoms with van der Waals surface area (Å²) in [5.41, 5.74) is 0.793. The molecule has 20 heavy (non-hydrogen) atoms. The van der Waals surface area contributed by atoms with E-state index in [4.69, 9.17) is 23.2 Å². The van der Waals surface area contributed by atoms with Gasteiger partial charge in [-0.05, 0) is 37.8 Å². The lowest BCUT2D eigenvalue weighted by Crippen LogP contribution is -2.36. The molecule has 0 saturated heterocycles. The highest BCUT2D eigenvalue weighted by Crippen LogP contribution is 2.50. The molecule has 0 bridgehead atoms. The fourth-order valence-corrected chi connectivity index (χ4v) is 3.08. The Morgan fingerprint density at radius 2 is 2.00 bits per heavy atom. The van der Waals surface area contributed by atoms with Gasteiger partial charge in [-0.15, -0.1) is 0 Å². The molecule has 0 unspecified atom stereocenters. The van der Waals surface area contributed by atoms with Crippen molar-refractivity contribution in [2.75, 3.05) is 0 Å². The van der Waals surface area contributed by atoms with Gasteiger partial charge in [0.15, 0.2) is 0 Å². The fourth-order valence-electron chi connectivity index (χ4n) is 1.97. The largest absolute Gasteiger partial charge is 0.274 e. The lowest BCUT2D eigenvalue weighted by Gasteiger charge is -2.09. The fraction of sp³-hybridized carbons (Fsp3) is 0.462. The van der Waals surface area contributed by atoms with Crippen LogP contribution in [0.15, 0.2) is 18.2 Å². The summed E-state index contributed by atoms with van der Waals surface area (Å²) in [7, 11) is -3.58. The van der Waals surface area contributed by atoms with Crippen molar-refractivity contribution >= 4 is 39.1 Å². The standard InChI is InChI=1S/C13H15Cl2NO3S/c1-7(2)20(18,19)16-13(17)10-6-9(10)8-4-3-5-11(14)12(8)15/h3-5,7,9-10H,6H2,1-2H3,(H,16,17)/t9-,10-/m0/s1. The monoisotopic (exact) mass is 335 g/mol. The molecule has 1 saturated carbocycles. The van der Waals surface area contributed by atoms with Crippen LogP contribution in [0.3, 0.4) is 0 Å². The molecule has 0 radical (unpaired) electrons. The van der Waals surface area contributed by atoms with Crippen LogP contribution in [0.5, 0.6) is 0 Å². The number of halogens is 2. The number of amides is 1. The molecule has 2 rings (SSSR count). The van der Waals surface area contributed by atoms with E-state index >= 15 is 0 Å². The number of benzene rings is 1. The zero-order valence-electron chi connectivity index (χ0n) is 11.1. The normalized spacial score (nSPS) is 21.9. The quantitative estimate of drug-likeness (QED) is 0.919. The van der Waals surface area contributed by atoms with Gasteiger partial charge >= 0.3 is 0 Å².